The normalized spacial score (nSPS) is 10.0. The summed E-state index contributed by atoms with van der Waals surface area (Å²) in [7, 11) is 0. The molecule has 0 saturated heterocycles. The van der Waals surface area contributed by atoms with E-state index >= 15 is 0 Å². The summed E-state index contributed by atoms with van der Waals surface area (Å²) in [6.45, 7) is 0. The van der Waals surface area contributed by atoms with E-state index in [4.69, 9.17) is 5.73 Å². The first-order valence-electron chi connectivity index (χ1n) is 3.49. The molecule has 0 aliphatic carbocycles. The van der Waals surface area contributed by atoms with Crippen molar-refractivity contribution in [1.82, 2.24) is 9.19 Å². The third kappa shape index (κ3) is 1.39. The number of hydrogen-bond acceptors (Lipinski definition) is 3. The summed E-state index contributed by atoms with van der Waals surface area (Å²) in [6.07, 6.45) is 0. The molecule has 1 heterocycles. The summed E-state index contributed by atoms with van der Waals surface area (Å²) in [4.78, 5) is 2.05. The number of nitrogens with two attached hydrogens (primary N) is 1. The monoisotopic (exact) mass is 225 g/mol. The van der Waals surface area contributed by atoms with Gasteiger partial charge in [0.25, 0.3) is 0 Å². The SMILES string of the molecule is Nc1ccc(-c2c[se]nn2)cc1. The molecule has 0 unspecified atom stereocenters. The second-order valence-electron chi connectivity index (χ2n) is 2.41. The van der Waals surface area contributed by atoms with E-state index in [9.17, 15) is 0 Å². The van der Waals surface area contributed by atoms with Gasteiger partial charge in [0.2, 0.25) is 0 Å². The third-order valence-corrected chi connectivity index (χ3v) is 2.63. The van der Waals surface area contributed by atoms with Crippen molar-refractivity contribution in [1.29, 1.82) is 0 Å². The molecule has 2 N–H and O–H groups in total. The number of nitrogen functional groups attached to an aromatic ring is 1. The number of benzene rings is 1. The van der Waals surface area contributed by atoms with Crippen LogP contribution in [0.3, 0.4) is 0 Å². The fourth-order valence-corrected chi connectivity index (χ4v) is 1.92. The first kappa shape index (κ1) is 7.52. The molecule has 0 fully saturated rings. The minimum atomic E-state index is 0.205. The fourth-order valence-electron chi connectivity index (χ4n) is 0.944. The van der Waals surface area contributed by atoms with Crippen LogP contribution < -0.4 is 5.73 Å². The van der Waals surface area contributed by atoms with Gasteiger partial charge >= 0.3 is 75.8 Å². The van der Waals surface area contributed by atoms with Gasteiger partial charge in [-0.05, 0) is 0 Å². The zero-order valence-corrected chi connectivity index (χ0v) is 7.98. The maximum absolute atomic E-state index is 5.56. The second kappa shape index (κ2) is 3.09. The molecule has 1 aromatic heterocycles. The molecule has 1 aromatic carbocycles. The summed E-state index contributed by atoms with van der Waals surface area (Å²) in [6, 6.07) is 7.66. The fraction of sp³-hybridized carbons (Fsp3) is 0. The molecule has 0 saturated carbocycles. The van der Waals surface area contributed by atoms with Crippen molar-refractivity contribution in [3.05, 3.63) is 29.2 Å². The summed E-state index contributed by atoms with van der Waals surface area (Å²) in [5, 5.41) is 4.01. The van der Waals surface area contributed by atoms with Crippen LogP contribution in [0.15, 0.2) is 29.2 Å². The van der Waals surface area contributed by atoms with Crippen molar-refractivity contribution in [2.75, 3.05) is 5.73 Å². The predicted molar refractivity (Wildman–Crippen MR) is 48.8 cm³/mol. The molecule has 3 nitrogen and oxygen atoms in total. The van der Waals surface area contributed by atoms with Crippen molar-refractivity contribution in [3.63, 3.8) is 0 Å². The molecule has 12 heavy (non-hydrogen) atoms. The van der Waals surface area contributed by atoms with Crippen LogP contribution in [0, 0.1) is 0 Å². The Morgan fingerprint density at radius 3 is 2.50 bits per heavy atom. The third-order valence-electron chi connectivity index (χ3n) is 1.57. The summed E-state index contributed by atoms with van der Waals surface area (Å²) >= 11 is 0.205. The number of nitrogens with zero attached hydrogens (tertiary/aromatic N) is 2. The Balaban J connectivity index is 2.43. The average molecular weight is 224 g/mol. The van der Waals surface area contributed by atoms with E-state index in [1.54, 1.807) is 0 Å². The minimum absolute atomic E-state index is 0.205. The summed E-state index contributed by atoms with van der Waals surface area (Å²) in [5.74, 6) is 0. The number of aromatic nitrogens is 2. The van der Waals surface area contributed by atoms with Crippen molar-refractivity contribution in [3.8, 4) is 11.3 Å². The van der Waals surface area contributed by atoms with Gasteiger partial charge in [-0.1, -0.05) is 0 Å². The van der Waals surface area contributed by atoms with Crippen molar-refractivity contribution < 1.29 is 0 Å². The Morgan fingerprint density at radius 1 is 1.17 bits per heavy atom. The Kier molecular flexibility index (Phi) is 1.94. The molecule has 0 amide bonds. The maximum atomic E-state index is 5.56. The molecule has 0 radical (unpaired) electrons. The van der Waals surface area contributed by atoms with Crippen LogP contribution in [0.2, 0.25) is 0 Å². The molecule has 0 aliphatic heterocycles. The molecule has 0 spiro atoms. The van der Waals surface area contributed by atoms with Gasteiger partial charge in [0.1, 0.15) is 0 Å². The topological polar surface area (TPSA) is 51.8 Å². The van der Waals surface area contributed by atoms with Gasteiger partial charge in [-0.25, -0.2) is 0 Å². The van der Waals surface area contributed by atoms with Crippen molar-refractivity contribution in [2.24, 2.45) is 0 Å². The van der Waals surface area contributed by atoms with Crippen molar-refractivity contribution >= 4 is 20.4 Å². The standard InChI is InChI=1S/C8H7N3Se/c9-7-3-1-6(2-4-7)8-5-12-11-10-8/h1-5H,9H2. The first-order chi connectivity index (χ1) is 5.86. The van der Waals surface area contributed by atoms with E-state index < -0.39 is 0 Å². The quantitative estimate of drug-likeness (QED) is 0.575. The zero-order valence-electron chi connectivity index (χ0n) is 6.27. The van der Waals surface area contributed by atoms with E-state index in [-0.39, 0.29) is 14.7 Å². The van der Waals surface area contributed by atoms with Crippen LogP contribution in [-0.2, 0) is 0 Å². The number of rotatable bonds is 1. The molecule has 0 bridgehead atoms. The van der Waals surface area contributed by atoms with Gasteiger partial charge in [0.15, 0.2) is 0 Å². The van der Waals surface area contributed by atoms with Gasteiger partial charge in [-0.15, -0.1) is 0 Å². The van der Waals surface area contributed by atoms with Crippen LogP contribution in [0.25, 0.3) is 11.3 Å². The summed E-state index contributed by atoms with van der Waals surface area (Å²) in [5.41, 5.74) is 8.39. The van der Waals surface area contributed by atoms with Crippen LogP contribution in [-0.4, -0.2) is 23.9 Å². The molecule has 2 rings (SSSR count). The van der Waals surface area contributed by atoms with E-state index in [0.29, 0.717) is 0 Å². The van der Waals surface area contributed by atoms with E-state index in [1.807, 2.05) is 24.3 Å². The Bertz CT molecular complexity index is 352. The van der Waals surface area contributed by atoms with Gasteiger partial charge in [-0.2, -0.15) is 0 Å². The number of hydrogen-bond donors (Lipinski definition) is 1. The molecule has 2 aromatic rings. The zero-order chi connectivity index (χ0) is 8.39. The van der Waals surface area contributed by atoms with Gasteiger partial charge in [-0.3, -0.25) is 0 Å². The predicted octanol–water partition coefficient (Wildman–Crippen LogP) is 0.783. The number of anilines is 1. The first-order valence-corrected chi connectivity index (χ1v) is 5.25. The Labute approximate surface area is 76.2 Å². The van der Waals surface area contributed by atoms with Crippen LogP contribution >= 0.6 is 0 Å². The van der Waals surface area contributed by atoms with E-state index in [1.165, 1.54) is 0 Å². The van der Waals surface area contributed by atoms with Crippen LogP contribution in [0.1, 0.15) is 0 Å². The van der Waals surface area contributed by atoms with Gasteiger partial charge in [0, 0.05) is 0 Å². The molecular formula is C8H7N3Se. The average Bonchev–Trinajstić information content (AvgIpc) is 2.58. The molecular weight excluding hydrogens is 217 g/mol. The van der Waals surface area contributed by atoms with Crippen LogP contribution in [0.5, 0.6) is 0 Å². The second-order valence-corrected chi connectivity index (χ2v) is 3.69. The summed E-state index contributed by atoms with van der Waals surface area (Å²) < 4.78 is 3.93. The van der Waals surface area contributed by atoms with Gasteiger partial charge in [0.05, 0.1) is 0 Å². The Hall–Kier alpha value is -1.12. The molecule has 0 aliphatic rings. The molecule has 4 heteroatoms. The Morgan fingerprint density at radius 2 is 1.92 bits per heavy atom. The van der Waals surface area contributed by atoms with Gasteiger partial charge < -0.3 is 0 Å². The molecule has 0 atom stereocenters. The van der Waals surface area contributed by atoms with E-state index in [2.05, 4.69) is 14.1 Å². The van der Waals surface area contributed by atoms with E-state index in [0.717, 1.165) is 16.9 Å². The van der Waals surface area contributed by atoms with Crippen molar-refractivity contribution in [2.45, 2.75) is 0 Å². The van der Waals surface area contributed by atoms with Crippen LogP contribution in [0.4, 0.5) is 5.69 Å². The molecule has 60 valence electrons.